The zero-order chi connectivity index (χ0) is 33.1. The molecule has 7 aromatic rings. The summed E-state index contributed by atoms with van der Waals surface area (Å²) in [5.41, 5.74) is 3.63. The molecule has 0 unspecified atom stereocenters. The number of nitrogens with zero attached hydrogens (tertiary/aromatic N) is 2. The maximum atomic E-state index is 12.5. The van der Waals surface area contributed by atoms with Gasteiger partial charge in [-0.15, -0.1) is 0 Å². The number of fused-ring (bicyclic) bond motifs is 3. The second kappa shape index (κ2) is 13.1. The molecule has 0 aliphatic rings. The van der Waals surface area contributed by atoms with Gasteiger partial charge in [0, 0.05) is 22.9 Å². The van der Waals surface area contributed by atoms with Crippen LogP contribution in [0.25, 0.3) is 43.7 Å². The summed E-state index contributed by atoms with van der Waals surface area (Å²) in [4.78, 5) is 11.3. The number of phenolic OH excluding ortho intramolecular Hbond substituents is 2. The molecule has 0 fully saturated rings. The summed E-state index contributed by atoms with van der Waals surface area (Å²) in [5, 5.41) is 25.1. The van der Waals surface area contributed by atoms with Crippen LogP contribution in [0.3, 0.4) is 0 Å². The minimum atomic E-state index is -4.42. The summed E-state index contributed by atoms with van der Waals surface area (Å²) < 4.78 is 54.2. The number of hydrogen-bond donors (Lipinski definition) is 3. The van der Waals surface area contributed by atoms with E-state index in [4.69, 9.17) is 4.74 Å². The molecule has 2 heterocycles. The van der Waals surface area contributed by atoms with Crippen LogP contribution in [-0.2, 0) is 16.6 Å². The molecular formula is C36H28F3N3O4S. The summed E-state index contributed by atoms with van der Waals surface area (Å²) in [6.45, 7) is 0.202. The first kappa shape index (κ1) is 31.6. The average molecular weight is 656 g/mol. The molecule has 5 aromatic carbocycles. The van der Waals surface area contributed by atoms with E-state index in [1.165, 1.54) is 12.3 Å². The van der Waals surface area contributed by atoms with Gasteiger partial charge >= 0.3 is 6.18 Å². The van der Waals surface area contributed by atoms with E-state index >= 15 is 0 Å². The van der Waals surface area contributed by atoms with Crippen molar-refractivity contribution in [3.05, 3.63) is 121 Å². The van der Waals surface area contributed by atoms with Gasteiger partial charge in [0.15, 0.2) is 11.8 Å². The molecule has 11 heteroatoms. The fourth-order valence-corrected chi connectivity index (χ4v) is 6.40. The molecule has 0 saturated heterocycles. The lowest BCUT2D eigenvalue weighted by Gasteiger charge is -2.14. The number of alkyl halides is 3. The lowest BCUT2D eigenvalue weighted by Crippen LogP contribution is -2.19. The smallest absolute Gasteiger partial charge is 0.422 e. The first-order chi connectivity index (χ1) is 22.6. The molecule has 0 aliphatic heterocycles. The molecule has 0 saturated carbocycles. The number of aromatic amines is 1. The van der Waals surface area contributed by atoms with Crippen molar-refractivity contribution in [1.29, 1.82) is 0 Å². The summed E-state index contributed by atoms with van der Waals surface area (Å²) in [5.74, 6) is 0.439. The Morgan fingerprint density at radius 3 is 1.96 bits per heavy atom. The Balaban J connectivity index is 0.000000165. The number of halogens is 3. The molecule has 7 nitrogen and oxygen atoms in total. The highest BCUT2D eigenvalue weighted by atomic mass is 32.2. The van der Waals surface area contributed by atoms with Crippen molar-refractivity contribution in [3.8, 4) is 28.4 Å². The van der Waals surface area contributed by atoms with Crippen molar-refractivity contribution in [2.75, 3.05) is 6.61 Å². The van der Waals surface area contributed by atoms with Gasteiger partial charge < -0.3 is 19.9 Å². The minimum absolute atomic E-state index is 0.0227. The first-order valence-corrected chi connectivity index (χ1v) is 15.8. The van der Waals surface area contributed by atoms with Gasteiger partial charge in [-0.3, -0.25) is 9.19 Å². The molecular weight excluding hydrogens is 627 g/mol. The van der Waals surface area contributed by atoms with Crippen LogP contribution in [0.1, 0.15) is 11.3 Å². The highest BCUT2D eigenvalue weighted by Gasteiger charge is 2.29. The number of pyridine rings is 1. The maximum Gasteiger partial charge on any atom is 0.422 e. The van der Waals surface area contributed by atoms with Crippen LogP contribution in [0.2, 0.25) is 0 Å². The zero-order valence-corrected chi connectivity index (χ0v) is 25.8. The number of nitrogens with one attached hydrogen (secondary N) is 1. The van der Waals surface area contributed by atoms with Gasteiger partial charge in [-0.1, -0.05) is 72.8 Å². The van der Waals surface area contributed by atoms with Crippen LogP contribution >= 0.6 is 0 Å². The van der Waals surface area contributed by atoms with E-state index in [2.05, 4.69) is 15.0 Å². The van der Waals surface area contributed by atoms with Crippen LogP contribution in [0.4, 0.5) is 13.2 Å². The van der Waals surface area contributed by atoms with Crippen LogP contribution in [-0.4, -0.2) is 42.2 Å². The van der Waals surface area contributed by atoms with E-state index in [-0.39, 0.29) is 23.0 Å². The summed E-state index contributed by atoms with van der Waals surface area (Å²) in [6.07, 6.45) is -3.09. The largest absolute Gasteiger partial charge is 0.507 e. The summed E-state index contributed by atoms with van der Waals surface area (Å²) >= 11 is 0. The van der Waals surface area contributed by atoms with Crippen molar-refractivity contribution in [1.82, 2.24) is 15.0 Å². The summed E-state index contributed by atoms with van der Waals surface area (Å²) in [7, 11) is -1.51. The fourth-order valence-electron chi connectivity index (χ4n) is 5.30. The first-order valence-electron chi connectivity index (χ1n) is 14.5. The molecule has 0 amide bonds. The van der Waals surface area contributed by atoms with Gasteiger partial charge in [0.2, 0.25) is 0 Å². The highest BCUT2D eigenvalue weighted by Crippen LogP contribution is 2.44. The quantitative estimate of drug-likeness (QED) is 0.166. The van der Waals surface area contributed by atoms with Crippen molar-refractivity contribution in [3.63, 3.8) is 0 Å². The van der Waals surface area contributed by atoms with E-state index in [1.807, 2.05) is 78.9 Å². The normalized spacial score (nSPS) is 12.2. The number of aromatic hydroxyl groups is 2. The molecule has 7 rings (SSSR count). The SMILES string of the molecule is Cc1c(OCC(F)(F)F)ccnc1C[S@@](=O)c1nc2ccccc2[nH]1.Oc1ccc2ccccc2c1-c1c(O)ccc2ccccc12. The van der Waals surface area contributed by atoms with E-state index in [9.17, 15) is 27.6 Å². The predicted molar refractivity (Wildman–Crippen MR) is 177 cm³/mol. The Labute approximate surface area is 269 Å². The second-order valence-electron chi connectivity index (χ2n) is 10.7. The topological polar surface area (TPSA) is 108 Å². The van der Waals surface area contributed by atoms with E-state index in [1.54, 1.807) is 25.1 Å². The summed E-state index contributed by atoms with van der Waals surface area (Å²) in [6, 6.07) is 31.5. The molecule has 0 radical (unpaired) electrons. The molecule has 238 valence electrons. The lowest BCUT2D eigenvalue weighted by atomic mass is 9.92. The Morgan fingerprint density at radius 1 is 0.787 bits per heavy atom. The molecule has 47 heavy (non-hydrogen) atoms. The third kappa shape index (κ3) is 6.90. The maximum absolute atomic E-state index is 12.5. The van der Waals surface area contributed by atoms with Crippen molar-refractivity contribution < 1.29 is 32.3 Å². The van der Waals surface area contributed by atoms with Crippen LogP contribution in [0, 0.1) is 6.92 Å². The predicted octanol–water partition coefficient (Wildman–Crippen LogP) is 8.59. The monoisotopic (exact) mass is 655 g/mol. The number of imidazole rings is 1. The average Bonchev–Trinajstić information content (AvgIpc) is 3.50. The van der Waals surface area contributed by atoms with Gasteiger partial charge in [-0.05, 0) is 58.8 Å². The van der Waals surface area contributed by atoms with Crippen molar-refractivity contribution >= 4 is 43.4 Å². The van der Waals surface area contributed by atoms with Gasteiger partial charge in [0.25, 0.3) is 0 Å². The Kier molecular flexibility index (Phi) is 8.82. The number of aromatic nitrogens is 3. The van der Waals surface area contributed by atoms with Gasteiger partial charge in [-0.25, -0.2) is 4.98 Å². The Morgan fingerprint density at radius 2 is 1.36 bits per heavy atom. The number of hydrogen-bond acceptors (Lipinski definition) is 6. The Hall–Kier alpha value is -5.42. The van der Waals surface area contributed by atoms with Crippen molar-refractivity contribution in [2.24, 2.45) is 0 Å². The number of para-hydroxylation sites is 2. The molecule has 3 N–H and O–H groups in total. The standard InChI is InChI=1S/C20H14O2.C16H14F3N3O2S/c21-17-11-9-13-5-1-3-7-15(13)19(17)20-16-8-4-2-6-14(16)10-12-18(20)22;1-10-13(20-7-6-14(10)24-9-16(17,18)19)8-25(23)15-21-11-4-2-3-5-12(11)22-15/h1-12,21-22H;2-7H,8-9H2,1H3,(H,21,22)/t;25-/m.1/s1. The van der Waals surface area contributed by atoms with E-state index < -0.39 is 23.6 Å². The lowest BCUT2D eigenvalue weighted by molar-refractivity contribution is -0.153. The molecule has 0 aliphatic carbocycles. The van der Waals surface area contributed by atoms with Crippen molar-refractivity contribution in [2.45, 2.75) is 24.0 Å². The van der Waals surface area contributed by atoms with Crippen LogP contribution in [0.15, 0.2) is 114 Å². The van der Waals surface area contributed by atoms with E-state index in [0.29, 0.717) is 33.1 Å². The number of H-pyrrole nitrogens is 1. The van der Waals surface area contributed by atoms with E-state index in [0.717, 1.165) is 27.1 Å². The number of benzene rings is 5. The van der Waals surface area contributed by atoms with Gasteiger partial charge in [0.1, 0.15) is 17.2 Å². The third-order valence-corrected chi connectivity index (χ3v) is 8.73. The van der Waals surface area contributed by atoms with Gasteiger partial charge in [-0.2, -0.15) is 13.2 Å². The number of phenols is 2. The molecule has 0 bridgehead atoms. The third-order valence-electron chi connectivity index (χ3n) is 7.57. The molecule has 2 aromatic heterocycles. The van der Waals surface area contributed by atoms with Crippen LogP contribution < -0.4 is 4.74 Å². The number of ether oxygens (including phenoxy) is 1. The zero-order valence-electron chi connectivity index (χ0n) is 25.0. The highest BCUT2D eigenvalue weighted by molar-refractivity contribution is 7.84. The number of rotatable bonds is 6. The molecule has 0 spiro atoms. The Bertz CT molecular complexity index is 2140. The second-order valence-corrected chi connectivity index (χ2v) is 12.1. The fraction of sp³-hybridized carbons (Fsp3) is 0.111. The molecule has 1 atom stereocenters. The minimum Gasteiger partial charge on any atom is -0.507 e. The van der Waals surface area contributed by atoms with Gasteiger partial charge in [0.05, 0.1) is 33.3 Å². The van der Waals surface area contributed by atoms with Crippen LogP contribution in [0.5, 0.6) is 17.2 Å².